The van der Waals surface area contributed by atoms with Crippen molar-refractivity contribution in [3.8, 4) is 0 Å². The van der Waals surface area contributed by atoms with E-state index in [2.05, 4.69) is 12.2 Å². The molecule has 0 bridgehead atoms. The van der Waals surface area contributed by atoms with Gasteiger partial charge in [0.15, 0.2) is 0 Å². The van der Waals surface area contributed by atoms with Crippen LogP contribution in [0, 0.1) is 11.8 Å². The van der Waals surface area contributed by atoms with Crippen molar-refractivity contribution in [2.45, 2.75) is 32.2 Å². The molecule has 3 nitrogen and oxygen atoms in total. The van der Waals surface area contributed by atoms with E-state index < -0.39 is 0 Å². The molecule has 13 heavy (non-hydrogen) atoms. The number of hydrogen-bond donors (Lipinski definition) is 3. The first kappa shape index (κ1) is 11.0. The SMILES string of the molecule is CC(CO)CNC1CCCC1CN. The lowest BCUT2D eigenvalue weighted by Gasteiger charge is -2.21. The van der Waals surface area contributed by atoms with Crippen LogP contribution in [-0.2, 0) is 0 Å². The van der Waals surface area contributed by atoms with Crippen molar-refractivity contribution in [2.24, 2.45) is 17.6 Å². The second-order valence-corrected chi connectivity index (χ2v) is 4.23. The van der Waals surface area contributed by atoms with Crippen LogP contribution in [0.25, 0.3) is 0 Å². The molecular weight excluding hydrogens is 164 g/mol. The largest absolute Gasteiger partial charge is 0.396 e. The first-order valence-corrected chi connectivity index (χ1v) is 5.32. The minimum absolute atomic E-state index is 0.271. The topological polar surface area (TPSA) is 58.3 Å². The van der Waals surface area contributed by atoms with E-state index in [9.17, 15) is 0 Å². The van der Waals surface area contributed by atoms with E-state index in [1.54, 1.807) is 0 Å². The van der Waals surface area contributed by atoms with Gasteiger partial charge in [-0.3, -0.25) is 0 Å². The second-order valence-electron chi connectivity index (χ2n) is 4.23. The molecule has 4 N–H and O–H groups in total. The van der Waals surface area contributed by atoms with E-state index in [1.807, 2.05) is 0 Å². The highest BCUT2D eigenvalue weighted by Gasteiger charge is 2.25. The molecule has 0 aromatic carbocycles. The van der Waals surface area contributed by atoms with Gasteiger partial charge < -0.3 is 16.2 Å². The number of hydrogen-bond acceptors (Lipinski definition) is 3. The predicted molar refractivity (Wildman–Crippen MR) is 54.4 cm³/mol. The normalized spacial score (nSPS) is 30.7. The zero-order chi connectivity index (χ0) is 9.68. The van der Waals surface area contributed by atoms with E-state index in [-0.39, 0.29) is 6.61 Å². The smallest absolute Gasteiger partial charge is 0.0468 e. The molecule has 0 aliphatic heterocycles. The van der Waals surface area contributed by atoms with Crippen LogP contribution in [-0.4, -0.2) is 30.8 Å². The van der Waals surface area contributed by atoms with Crippen LogP contribution in [0.2, 0.25) is 0 Å². The molecule has 1 aliphatic rings. The van der Waals surface area contributed by atoms with Crippen molar-refractivity contribution in [1.29, 1.82) is 0 Å². The van der Waals surface area contributed by atoms with Gasteiger partial charge in [0.2, 0.25) is 0 Å². The fourth-order valence-electron chi connectivity index (χ4n) is 2.00. The Kier molecular flexibility index (Phi) is 4.70. The summed E-state index contributed by atoms with van der Waals surface area (Å²) in [5.74, 6) is 1.02. The molecule has 1 saturated carbocycles. The highest BCUT2D eigenvalue weighted by molar-refractivity contribution is 4.83. The maximum Gasteiger partial charge on any atom is 0.0468 e. The summed E-state index contributed by atoms with van der Waals surface area (Å²) >= 11 is 0. The molecule has 0 spiro atoms. The van der Waals surface area contributed by atoms with E-state index in [0.29, 0.717) is 17.9 Å². The summed E-state index contributed by atoms with van der Waals surface area (Å²) in [7, 11) is 0. The molecule has 3 unspecified atom stereocenters. The Bertz CT molecular complexity index is 141. The molecule has 0 radical (unpaired) electrons. The van der Waals surface area contributed by atoms with Gasteiger partial charge in [-0.25, -0.2) is 0 Å². The molecule has 0 aromatic heterocycles. The fourth-order valence-corrected chi connectivity index (χ4v) is 2.00. The molecule has 0 aromatic rings. The van der Waals surface area contributed by atoms with Gasteiger partial charge in [-0.2, -0.15) is 0 Å². The number of nitrogens with two attached hydrogens (primary N) is 1. The molecular formula is C10H22N2O. The van der Waals surface area contributed by atoms with E-state index in [1.165, 1.54) is 19.3 Å². The van der Waals surface area contributed by atoms with Crippen molar-refractivity contribution in [2.75, 3.05) is 19.7 Å². The number of rotatable bonds is 5. The lowest BCUT2D eigenvalue weighted by atomic mass is 10.0. The standard InChI is InChI=1S/C10H22N2O/c1-8(7-13)6-12-10-4-2-3-9(10)5-11/h8-10,12-13H,2-7,11H2,1H3. The zero-order valence-electron chi connectivity index (χ0n) is 8.50. The molecule has 0 saturated heterocycles. The van der Waals surface area contributed by atoms with Crippen molar-refractivity contribution in [3.63, 3.8) is 0 Å². The van der Waals surface area contributed by atoms with Crippen LogP contribution in [0.15, 0.2) is 0 Å². The maximum atomic E-state index is 8.87. The third-order valence-corrected chi connectivity index (χ3v) is 3.00. The molecule has 3 atom stereocenters. The van der Waals surface area contributed by atoms with Crippen LogP contribution < -0.4 is 11.1 Å². The van der Waals surface area contributed by atoms with Gasteiger partial charge in [-0.15, -0.1) is 0 Å². The van der Waals surface area contributed by atoms with Crippen LogP contribution in [0.1, 0.15) is 26.2 Å². The van der Waals surface area contributed by atoms with Crippen LogP contribution in [0.3, 0.4) is 0 Å². The Morgan fingerprint density at radius 3 is 2.92 bits per heavy atom. The van der Waals surface area contributed by atoms with Gasteiger partial charge in [0.25, 0.3) is 0 Å². The van der Waals surface area contributed by atoms with Crippen molar-refractivity contribution < 1.29 is 5.11 Å². The highest BCUT2D eigenvalue weighted by atomic mass is 16.3. The van der Waals surface area contributed by atoms with E-state index in [0.717, 1.165) is 13.1 Å². The van der Waals surface area contributed by atoms with Gasteiger partial charge in [0, 0.05) is 19.2 Å². The maximum absolute atomic E-state index is 8.87. The molecule has 1 fully saturated rings. The summed E-state index contributed by atoms with van der Waals surface area (Å²) in [6, 6.07) is 0.596. The molecule has 3 heteroatoms. The molecule has 0 amide bonds. The Hall–Kier alpha value is -0.120. The van der Waals surface area contributed by atoms with Crippen LogP contribution in [0.5, 0.6) is 0 Å². The Labute approximate surface area is 80.7 Å². The summed E-state index contributed by atoms with van der Waals surface area (Å²) in [6.45, 7) is 4.04. The first-order valence-electron chi connectivity index (χ1n) is 5.32. The van der Waals surface area contributed by atoms with Crippen molar-refractivity contribution >= 4 is 0 Å². The van der Waals surface area contributed by atoms with Crippen LogP contribution in [0.4, 0.5) is 0 Å². The quantitative estimate of drug-likeness (QED) is 0.580. The summed E-state index contributed by atoms with van der Waals surface area (Å²) < 4.78 is 0. The molecule has 0 heterocycles. The highest BCUT2D eigenvalue weighted by Crippen LogP contribution is 2.24. The van der Waals surface area contributed by atoms with Gasteiger partial charge >= 0.3 is 0 Å². The van der Waals surface area contributed by atoms with E-state index >= 15 is 0 Å². The molecule has 1 rings (SSSR count). The summed E-state index contributed by atoms with van der Waals surface area (Å²) in [6.07, 6.45) is 3.81. The van der Waals surface area contributed by atoms with Gasteiger partial charge in [-0.05, 0) is 31.2 Å². The Balaban J connectivity index is 2.19. The van der Waals surface area contributed by atoms with Crippen molar-refractivity contribution in [3.05, 3.63) is 0 Å². The minimum Gasteiger partial charge on any atom is -0.396 e. The average Bonchev–Trinajstić information content (AvgIpc) is 2.61. The van der Waals surface area contributed by atoms with Gasteiger partial charge in [-0.1, -0.05) is 13.3 Å². The summed E-state index contributed by atoms with van der Waals surface area (Å²) in [5.41, 5.74) is 5.67. The van der Waals surface area contributed by atoms with Gasteiger partial charge in [0.05, 0.1) is 0 Å². The van der Waals surface area contributed by atoms with E-state index in [4.69, 9.17) is 10.8 Å². The molecule has 78 valence electrons. The van der Waals surface area contributed by atoms with Crippen LogP contribution >= 0.6 is 0 Å². The predicted octanol–water partition coefficient (Wildman–Crippen LogP) is 0.332. The Morgan fingerprint density at radius 1 is 1.54 bits per heavy atom. The third kappa shape index (κ3) is 3.25. The number of nitrogens with one attached hydrogen (secondary N) is 1. The third-order valence-electron chi connectivity index (χ3n) is 3.00. The fraction of sp³-hybridized carbons (Fsp3) is 1.00. The minimum atomic E-state index is 0.271. The lowest BCUT2D eigenvalue weighted by molar-refractivity contribution is 0.226. The lowest BCUT2D eigenvalue weighted by Crippen LogP contribution is -2.38. The number of aliphatic hydroxyl groups excluding tert-OH is 1. The average molecular weight is 186 g/mol. The molecule has 1 aliphatic carbocycles. The Morgan fingerprint density at radius 2 is 2.31 bits per heavy atom. The summed E-state index contributed by atoms with van der Waals surface area (Å²) in [4.78, 5) is 0. The zero-order valence-corrected chi connectivity index (χ0v) is 8.50. The van der Waals surface area contributed by atoms with Gasteiger partial charge in [0.1, 0.15) is 0 Å². The number of aliphatic hydroxyl groups is 1. The van der Waals surface area contributed by atoms with Crippen molar-refractivity contribution in [1.82, 2.24) is 5.32 Å². The summed E-state index contributed by atoms with van der Waals surface area (Å²) in [5, 5.41) is 12.4. The first-order chi connectivity index (χ1) is 6.27. The second kappa shape index (κ2) is 5.58. The monoisotopic (exact) mass is 186 g/mol.